The number of esters is 1. The van der Waals surface area contributed by atoms with E-state index < -0.39 is 22.6 Å². The van der Waals surface area contributed by atoms with Gasteiger partial charge in [-0.2, -0.15) is 0 Å². The summed E-state index contributed by atoms with van der Waals surface area (Å²) in [5, 5.41) is 0. The molecule has 0 aliphatic rings. The third-order valence-corrected chi connectivity index (χ3v) is 5.47. The zero-order chi connectivity index (χ0) is 20.6. The highest BCUT2D eigenvalue weighted by molar-refractivity contribution is 7.89. The van der Waals surface area contributed by atoms with Crippen LogP contribution in [0.3, 0.4) is 0 Å². The van der Waals surface area contributed by atoms with E-state index in [1.165, 1.54) is 17.0 Å². The molecule has 0 heterocycles. The summed E-state index contributed by atoms with van der Waals surface area (Å²) in [6.45, 7) is 3.62. The molecule has 2 rings (SSSR count). The molecule has 2 aromatic rings. The van der Waals surface area contributed by atoms with Gasteiger partial charge in [-0.3, -0.25) is 9.59 Å². The number of sulfonamides is 1. The summed E-state index contributed by atoms with van der Waals surface area (Å²) in [5.74, 6) is -0.994. The lowest BCUT2D eigenvalue weighted by atomic mass is 10.2. The minimum Gasteiger partial charge on any atom is -0.456 e. The molecular formula is C20H24N2O5S. The molecule has 1 N–H and O–H groups in total. The van der Waals surface area contributed by atoms with Gasteiger partial charge in [-0.15, -0.1) is 0 Å². The van der Waals surface area contributed by atoms with Gasteiger partial charge in [0.05, 0.1) is 11.3 Å². The second-order valence-electron chi connectivity index (χ2n) is 6.10. The first-order chi connectivity index (χ1) is 13.3. The van der Waals surface area contributed by atoms with Crippen molar-refractivity contribution in [1.29, 1.82) is 0 Å². The molecule has 0 bridgehead atoms. The zero-order valence-corrected chi connectivity index (χ0v) is 16.7. The normalized spacial score (nSPS) is 11.1. The molecule has 0 saturated carbocycles. The van der Waals surface area contributed by atoms with Gasteiger partial charge >= 0.3 is 5.97 Å². The Balaban J connectivity index is 1.79. The zero-order valence-electron chi connectivity index (χ0n) is 15.9. The Kier molecular flexibility index (Phi) is 7.71. The predicted octanol–water partition coefficient (Wildman–Crippen LogP) is 2.26. The Morgan fingerprint density at radius 3 is 2.29 bits per heavy atom. The first-order valence-electron chi connectivity index (χ1n) is 8.91. The molecule has 0 radical (unpaired) electrons. The van der Waals surface area contributed by atoms with Crippen LogP contribution in [0.25, 0.3) is 0 Å². The van der Waals surface area contributed by atoms with Gasteiger partial charge in [0.15, 0.2) is 6.61 Å². The molecule has 0 aromatic heterocycles. The molecule has 0 aliphatic heterocycles. The molecule has 0 fully saturated rings. The third kappa shape index (κ3) is 6.17. The van der Waals surface area contributed by atoms with E-state index in [0.29, 0.717) is 6.54 Å². The average molecular weight is 404 g/mol. The number of carbonyl (C=O) groups is 2. The second-order valence-corrected chi connectivity index (χ2v) is 7.86. The lowest BCUT2D eigenvalue weighted by Gasteiger charge is -2.20. The number of hydrogen-bond donors (Lipinski definition) is 1. The lowest BCUT2D eigenvalue weighted by Crippen LogP contribution is -2.35. The average Bonchev–Trinajstić information content (AvgIpc) is 2.68. The number of aryl methyl sites for hydroxylation is 1. The predicted molar refractivity (Wildman–Crippen MR) is 106 cm³/mol. The minimum atomic E-state index is -3.69. The summed E-state index contributed by atoms with van der Waals surface area (Å²) >= 11 is 0. The van der Waals surface area contributed by atoms with Gasteiger partial charge in [-0.25, -0.2) is 13.1 Å². The number of rotatable bonds is 9. The van der Waals surface area contributed by atoms with Crippen LogP contribution in [-0.2, 0) is 24.3 Å². The van der Waals surface area contributed by atoms with Crippen LogP contribution in [0.1, 0.15) is 18.9 Å². The number of nitrogens with one attached hydrogen (secondary N) is 1. The fourth-order valence-electron chi connectivity index (χ4n) is 2.49. The molecule has 2 aromatic carbocycles. The molecule has 0 unspecified atom stereocenters. The molecular weight excluding hydrogens is 380 g/mol. The van der Waals surface area contributed by atoms with Crippen LogP contribution >= 0.6 is 0 Å². The smallest absolute Gasteiger partial charge is 0.307 e. The van der Waals surface area contributed by atoms with Gasteiger partial charge in [0.2, 0.25) is 10.0 Å². The Morgan fingerprint density at radius 2 is 1.68 bits per heavy atom. The molecule has 8 heteroatoms. The highest BCUT2D eigenvalue weighted by Crippen LogP contribution is 2.13. The highest BCUT2D eigenvalue weighted by atomic mass is 32.2. The Labute approximate surface area is 165 Å². The Hall–Kier alpha value is -2.71. The van der Waals surface area contributed by atoms with Crippen LogP contribution in [0.2, 0.25) is 0 Å². The first-order valence-corrected chi connectivity index (χ1v) is 10.4. The van der Waals surface area contributed by atoms with E-state index in [1.54, 1.807) is 24.3 Å². The summed E-state index contributed by atoms with van der Waals surface area (Å²) in [6, 6.07) is 15.5. The van der Waals surface area contributed by atoms with E-state index >= 15 is 0 Å². The van der Waals surface area contributed by atoms with Crippen LogP contribution in [0.15, 0.2) is 59.5 Å². The number of likely N-dealkylation sites (N-methyl/N-ethyl adjacent to an activating group) is 1. The molecule has 28 heavy (non-hydrogen) atoms. The molecule has 7 nitrogen and oxygen atoms in total. The van der Waals surface area contributed by atoms with Crippen molar-refractivity contribution in [2.75, 3.05) is 24.6 Å². The molecule has 0 saturated heterocycles. The first kappa shape index (κ1) is 21.6. The van der Waals surface area contributed by atoms with Crippen LogP contribution in [0, 0.1) is 6.92 Å². The molecule has 1 amide bonds. The van der Waals surface area contributed by atoms with Crippen molar-refractivity contribution < 1.29 is 22.7 Å². The molecule has 150 valence electrons. The van der Waals surface area contributed by atoms with Crippen LogP contribution in [0.4, 0.5) is 5.69 Å². The number of benzene rings is 2. The van der Waals surface area contributed by atoms with Gasteiger partial charge in [0.25, 0.3) is 5.91 Å². The lowest BCUT2D eigenvalue weighted by molar-refractivity contribution is -0.147. The van der Waals surface area contributed by atoms with E-state index in [2.05, 4.69) is 4.72 Å². The van der Waals surface area contributed by atoms with Crippen molar-refractivity contribution in [3.63, 3.8) is 0 Å². The largest absolute Gasteiger partial charge is 0.456 e. The summed E-state index contributed by atoms with van der Waals surface area (Å²) in [7, 11) is -3.69. The molecule has 0 spiro atoms. The summed E-state index contributed by atoms with van der Waals surface area (Å²) in [5.41, 5.74) is 1.67. The number of para-hydroxylation sites is 1. The van der Waals surface area contributed by atoms with Crippen LogP contribution < -0.4 is 9.62 Å². The maximum absolute atomic E-state index is 12.3. The third-order valence-electron chi connectivity index (χ3n) is 3.99. The maximum Gasteiger partial charge on any atom is 0.307 e. The minimum absolute atomic E-state index is 0.112. The molecule has 0 aliphatic carbocycles. The molecule has 0 atom stereocenters. The van der Waals surface area contributed by atoms with Crippen molar-refractivity contribution in [3.05, 3.63) is 60.2 Å². The number of nitrogens with zero attached hydrogens (tertiary/aromatic N) is 1. The van der Waals surface area contributed by atoms with E-state index in [9.17, 15) is 18.0 Å². The topological polar surface area (TPSA) is 92.8 Å². The number of anilines is 1. The second kappa shape index (κ2) is 10.0. The summed E-state index contributed by atoms with van der Waals surface area (Å²) < 4.78 is 31.6. The van der Waals surface area contributed by atoms with Gasteiger partial charge in [0.1, 0.15) is 0 Å². The van der Waals surface area contributed by atoms with E-state index in [-0.39, 0.29) is 23.8 Å². The Morgan fingerprint density at radius 1 is 1.04 bits per heavy atom. The fraction of sp³-hybridized carbons (Fsp3) is 0.300. The Bertz CT molecular complexity index is 896. The van der Waals surface area contributed by atoms with Gasteiger partial charge < -0.3 is 9.64 Å². The van der Waals surface area contributed by atoms with Crippen LogP contribution in [-0.4, -0.2) is 40.0 Å². The summed E-state index contributed by atoms with van der Waals surface area (Å²) in [4.78, 5) is 25.7. The number of carbonyl (C=O) groups excluding carboxylic acids is 2. The van der Waals surface area contributed by atoms with Gasteiger partial charge in [0, 0.05) is 18.8 Å². The number of amides is 1. The number of hydrogen-bond acceptors (Lipinski definition) is 5. The summed E-state index contributed by atoms with van der Waals surface area (Å²) in [6.07, 6.45) is -0.171. The number of ether oxygens (including phenoxy) is 1. The van der Waals surface area contributed by atoms with Crippen molar-refractivity contribution in [2.24, 2.45) is 0 Å². The van der Waals surface area contributed by atoms with Crippen molar-refractivity contribution >= 4 is 27.6 Å². The van der Waals surface area contributed by atoms with Crippen molar-refractivity contribution in [3.8, 4) is 0 Å². The maximum atomic E-state index is 12.3. The highest BCUT2D eigenvalue weighted by Gasteiger charge is 2.17. The van der Waals surface area contributed by atoms with E-state index in [4.69, 9.17) is 4.74 Å². The quantitative estimate of drug-likeness (QED) is 0.647. The monoisotopic (exact) mass is 404 g/mol. The van der Waals surface area contributed by atoms with Crippen LogP contribution in [0.5, 0.6) is 0 Å². The van der Waals surface area contributed by atoms with Crippen molar-refractivity contribution in [1.82, 2.24) is 4.72 Å². The van der Waals surface area contributed by atoms with Gasteiger partial charge in [-0.05, 0) is 38.1 Å². The van der Waals surface area contributed by atoms with Crippen molar-refractivity contribution in [2.45, 2.75) is 25.2 Å². The van der Waals surface area contributed by atoms with E-state index in [0.717, 1.165) is 11.3 Å². The fourth-order valence-corrected chi connectivity index (χ4v) is 3.52. The SMILES string of the molecule is CCN(C(=O)COC(=O)CCNS(=O)(=O)c1ccc(C)cc1)c1ccccc1. The van der Waals surface area contributed by atoms with E-state index in [1.807, 2.05) is 32.0 Å². The standard InChI is InChI=1S/C20H24N2O5S/c1-3-22(17-7-5-4-6-8-17)19(23)15-27-20(24)13-14-21-28(25,26)18-11-9-16(2)10-12-18/h4-12,21H,3,13-15H2,1-2H3. The van der Waals surface area contributed by atoms with Gasteiger partial charge in [-0.1, -0.05) is 35.9 Å².